The molecule has 0 fully saturated rings. The molecule has 1 aromatic carbocycles. The van der Waals surface area contributed by atoms with Crippen LogP contribution in [0.4, 0.5) is 13.2 Å². The van der Waals surface area contributed by atoms with Gasteiger partial charge in [0.05, 0.1) is 11.1 Å². The van der Waals surface area contributed by atoms with Crippen molar-refractivity contribution in [2.75, 3.05) is 0 Å². The first kappa shape index (κ1) is 12.5. The second-order valence-electron chi connectivity index (χ2n) is 4.09. The average Bonchev–Trinajstić information content (AvgIpc) is 2.26. The van der Waals surface area contributed by atoms with E-state index in [4.69, 9.17) is 0 Å². The predicted octanol–water partition coefficient (Wildman–Crippen LogP) is 3.39. The van der Waals surface area contributed by atoms with E-state index >= 15 is 0 Å². The van der Waals surface area contributed by atoms with Gasteiger partial charge >= 0.3 is 6.18 Å². The van der Waals surface area contributed by atoms with Crippen LogP contribution in [0, 0.1) is 0 Å². The molecule has 2 nitrogen and oxygen atoms in total. The van der Waals surface area contributed by atoms with Crippen LogP contribution >= 0.6 is 0 Å². The van der Waals surface area contributed by atoms with Crippen molar-refractivity contribution in [3.63, 3.8) is 0 Å². The average molecular weight is 253 g/mol. The number of halogens is 3. The zero-order valence-electron chi connectivity index (χ0n) is 9.58. The Labute approximate surface area is 101 Å². The van der Waals surface area contributed by atoms with Crippen molar-refractivity contribution in [2.24, 2.45) is 0 Å². The largest absolute Gasteiger partial charge is 0.416 e. The molecule has 0 saturated carbocycles. The maximum absolute atomic E-state index is 12.5. The molecule has 0 aliphatic carbocycles. The molecule has 1 heterocycles. The molecule has 5 heteroatoms. The Kier molecular flexibility index (Phi) is 3.07. The lowest BCUT2D eigenvalue weighted by Gasteiger charge is -2.08. The predicted molar refractivity (Wildman–Crippen MR) is 61.1 cm³/mol. The van der Waals surface area contributed by atoms with Gasteiger partial charge in [0.15, 0.2) is 0 Å². The quantitative estimate of drug-likeness (QED) is 0.821. The van der Waals surface area contributed by atoms with Crippen molar-refractivity contribution in [2.45, 2.75) is 19.5 Å². The van der Waals surface area contributed by atoms with Crippen LogP contribution in [0.2, 0.25) is 0 Å². The van der Waals surface area contributed by atoms with Crippen molar-refractivity contribution >= 4 is 16.7 Å². The maximum atomic E-state index is 12.5. The van der Waals surface area contributed by atoms with Gasteiger partial charge in [-0.25, -0.2) is 0 Å². The highest BCUT2D eigenvalue weighted by Gasteiger charge is 2.30. The number of aromatic nitrogens is 1. The monoisotopic (exact) mass is 253 g/mol. The van der Waals surface area contributed by atoms with Crippen LogP contribution in [0.1, 0.15) is 18.2 Å². The second kappa shape index (κ2) is 4.40. The van der Waals surface area contributed by atoms with E-state index in [-0.39, 0.29) is 17.7 Å². The zero-order chi connectivity index (χ0) is 13.3. The number of Topliss-reactive ketones (excluding diaryl/α,β-unsaturated/α-hetero) is 1. The fourth-order valence-corrected chi connectivity index (χ4v) is 1.69. The summed E-state index contributed by atoms with van der Waals surface area (Å²) in [6, 6.07) is 6.72. The minimum Gasteiger partial charge on any atom is -0.300 e. The Balaban J connectivity index is 2.50. The molecule has 0 bridgehead atoms. The third-order valence-electron chi connectivity index (χ3n) is 2.51. The van der Waals surface area contributed by atoms with Gasteiger partial charge in [-0.1, -0.05) is 12.1 Å². The second-order valence-corrected chi connectivity index (χ2v) is 4.09. The summed E-state index contributed by atoms with van der Waals surface area (Å²) in [4.78, 5) is 15.0. The molecule has 0 radical (unpaired) electrons. The van der Waals surface area contributed by atoms with Crippen LogP contribution < -0.4 is 0 Å². The maximum Gasteiger partial charge on any atom is 0.416 e. The third-order valence-corrected chi connectivity index (χ3v) is 2.51. The van der Waals surface area contributed by atoms with Crippen molar-refractivity contribution in [3.05, 3.63) is 41.6 Å². The number of hydrogen-bond acceptors (Lipinski definition) is 2. The lowest BCUT2D eigenvalue weighted by Crippen LogP contribution is -2.05. The first-order valence-electron chi connectivity index (χ1n) is 5.32. The Morgan fingerprint density at radius 3 is 2.50 bits per heavy atom. The third kappa shape index (κ3) is 2.67. The van der Waals surface area contributed by atoms with E-state index < -0.39 is 11.7 Å². The summed E-state index contributed by atoms with van der Waals surface area (Å²) in [6.45, 7) is 1.41. The molecule has 2 rings (SSSR count). The van der Waals surface area contributed by atoms with Gasteiger partial charge in [-0.15, -0.1) is 0 Å². The molecular weight excluding hydrogens is 243 g/mol. The smallest absolute Gasteiger partial charge is 0.300 e. The molecule has 0 amide bonds. The van der Waals surface area contributed by atoms with Crippen molar-refractivity contribution in [1.82, 2.24) is 4.98 Å². The lowest BCUT2D eigenvalue weighted by molar-refractivity contribution is -0.137. The number of rotatable bonds is 2. The number of ketones is 1. The van der Waals surface area contributed by atoms with Crippen LogP contribution in [-0.4, -0.2) is 10.8 Å². The van der Waals surface area contributed by atoms with Gasteiger partial charge in [-0.2, -0.15) is 13.2 Å². The minimum absolute atomic E-state index is 0.0752. The number of alkyl halides is 3. The van der Waals surface area contributed by atoms with Crippen LogP contribution in [0.15, 0.2) is 30.3 Å². The van der Waals surface area contributed by atoms with E-state index in [2.05, 4.69) is 4.98 Å². The molecule has 0 atom stereocenters. The number of fused-ring (bicyclic) bond motifs is 1. The summed E-state index contributed by atoms with van der Waals surface area (Å²) in [7, 11) is 0. The Morgan fingerprint density at radius 1 is 1.22 bits per heavy atom. The lowest BCUT2D eigenvalue weighted by atomic mass is 10.1. The molecule has 0 N–H and O–H groups in total. The van der Waals surface area contributed by atoms with E-state index in [9.17, 15) is 18.0 Å². The van der Waals surface area contributed by atoms with Gasteiger partial charge in [0.1, 0.15) is 5.78 Å². The van der Waals surface area contributed by atoms with Gasteiger partial charge in [0.2, 0.25) is 0 Å². The summed E-state index contributed by atoms with van der Waals surface area (Å²) in [5, 5.41) is 0.621. The Bertz CT molecular complexity index is 605. The molecule has 0 unspecified atom stereocenters. The molecule has 18 heavy (non-hydrogen) atoms. The first-order chi connectivity index (χ1) is 8.36. The molecule has 2 aromatic rings. The summed E-state index contributed by atoms with van der Waals surface area (Å²) in [6.07, 6.45) is -4.25. The van der Waals surface area contributed by atoms with Crippen LogP contribution in [0.25, 0.3) is 10.9 Å². The molecule has 1 aromatic heterocycles. The summed E-state index contributed by atoms with van der Waals surface area (Å²) >= 11 is 0. The first-order valence-corrected chi connectivity index (χ1v) is 5.32. The van der Waals surface area contributed by atoms with Gasteiger partial charge < -0.3 is 0 Å². The number of carbonyl (C=O) groups excluding carboxylic acids is 1. The van der Waals surface area contributed by atoms with Crippen molar-refractivity contribution in [1.29, 1.82) is 0 Å². The standard InChI is InChI=1S/C13H10F3NO/c1-8(18)6-11-5-3-9-2-4-10(13(14,15)16)7-12(9)17-11/h2-5,7H,6H2,1H3. The van der Waals surface area contributed by atoms with E-state index in [0.717, 1.165) is 12.1 Å². The van der Waals surface area contributed by atoms with Gasteiger partial charge in [-0.05, 0) is 25.1 Å². The number of carbonyl (C=O) groups is 1. The SMILES string of the molecule is CC(=O)Cc1ccc2ccc(C(F)(F)F)cc2n1. The van der Waals surface area contributed by atoms with Crippen LogP contribution in [0.3, 0.4) is 0 Å². The molecule has 0 spiro atoms. The Morgan fingerprint density at radius 2 is 1.89 bits per heavy atom. The fraction of sp³-hybridized carbons (Fsp3) is 0.231. The van der Waals surface area contributed by atoms with E-state index in [1.165, 1.54) is 13.0 Å². The fourth-order valence-electron chi connectivity index (χ4n) is 1.69. The highest BCUT2D eigenvalue weighted by molar-refractivity contribution is 5.82. The summed E-state index contributed by atoms with van der Waals surface area (Å²) in [5.74, 6) is -0.0752. The highest BCUT2D eigenvalue weighted by Crippen LogP contribution is 2.30. The van der Waals surface area contributed by atoms with Crippen LogP contribution in [0.5, 0.6) is 0 Å². The normalized spacial score (nSPS) is 11.8. The summed E-state index contributed by atoms with van der Waals surface area (Å²) < 4.78 is 37.6. The molecule has 0 aliphatic heterocycles. The Hall–Kier alpha value is -1.91. The number of nitrogens with zero attached hydrogens (tertiary/aromatic N) is 1. The van der Waals surface area contributed by atoms with Crippen molar-refractivity contribution in [3.8, 4) is 0 Å². The molecule has 0 saturated heterocycles. The minimum atomic E-state index is -4.38. The van der Waals surface area contributed by atoms with Gasteiger partial charge in [0.25, 0.3) is 0 Å². The number of benzene rings is 1. The molecule has 94 valence electrons. The van der Waals surface area contributed by atoms with E-state index in [0.29, 0.717) is 11.1 Å². The van der Waals surface area contributed by atoms with E-state index in [1.54, 1.807) is 12.1 Å². The van der Waals surface area contributed by atoms with E-state index in [1.807, 2.05) is 0 Å². The van der Waals surface area contributed by atoms with Crippen molar-refractivity contribution < 1.29 is 18.0 Å². The highest BCUT2D eigenvalue weighted by atomic mass is 19.4. The van der Waals surface area contributed by atoms with Crippen LogP contribution in [-0.2, 0) is 17.4 Å². The zero-order valence-corrected chi connectivity index (χ0v) is 9.58. The number of hydrogen-bond donors (Lipinski definition) is 0. The topological polar surface area (TPSA) is 30.0 Å². The van der Waals surface area contributed by atoms with Gasteiger partial charge in [0, 0.05) is 17.5 Å². The van der Waals surface area contributed by atoms with Gasteiger partial charge in [-0.3, -0.25) is 9.78 Å². The molecule has 0 aliphatic rings. The molecular formula is C13H10F3NO. The number of pyridine rings is 1. The summed E-state index contributed by atoms with van der Waals surface area (Å²) in [5.41, 5.74) is 0.000347.